The summed E-state index contributed by atoms with van der Waals surface area (Å²) >= 11 is 4.78. The lowest BCUT2D eigenvalue weighted by Crippen LogP contribution is -2.20. The van der Waals surface area contributed by atoms with E-state index in [1.54, 1.807) is 36.7 Å². The van der Waals surface area contributed by atoms with Crippen LogP contribution in [0.2, 0.25) is 0 Å². The van der Waals surface area contributed by atoms with Crippen LogP contribution in [0.5, 0.6) is 0 Å². The smallest absolute Gasteiger partial charge is 0.256 e. The first-order valence-electron chi connectivity index (χ1n) is 5.90. The Morgan fingerprint density at radius 3 is 2.60 bits per heavy atom. The van der Waals surface area contributed by atoms with E-state index in [1.807, 2.05) is 6.92 Å². The van der Waals surface area contributed by atoms with E-state index < -0.39 is 0 Å². The number of nitrogens with one attached hydrogen (secondary N) is 2. The zero-order chi connectivity index (χ0) is 14.7. The van der Waals surface area contributed by atoms with Gasteiger partial charge in [-0.1, -0.05) is 6.07 Å². The zero-order valence-electron chi connectivity index (χ0n) is 11.0. The number of hydrogen-bond donors (Lipinski definition) is 2. The lowest BCUT2D eigenvalue weighted by atomic mass is 10.1. The average molecular weight is 353 g/mol. The van der Waals surface area contributed by atoms with Crippen LogP contribution in [0.3, 0.4) is 0 Å². The van der Waals surface area contributed by atoms with Gasteiger partial charge in [0.15, 0.2) is 0 Å². The van der Waals surface area contributed by atoms with E-state index in [2.05, 4.69) is 26.6 Å². The molecule has 6 heteroatoms. The van der Waals surface area contributed by atoms with Crippen LogP contribution in [0.25, 0.3) is 0 Å². The topological polar surface area (TPSA) is 58.2 Å². The minimum atomic E-state index is -0.191. The Labute approximate surface area is 129 Å². The standard InChI is InChI=1S/C14H13BrN2O2S/c1-8-10(14(19)16-2)4-3-5-11(8)17-13(18)9-6-12(15)20-7-9/h3-7H,1-2H3,(H,16,19)(H,17,18). The molecule has 104 valence electrons. The molecule has 0 atom stereocenters. The van der Waals surface area contributed by atoms with Crippen LogP contribution in [0.4, 0.5) is 5.69 Å². The Hall–Kier alpha value is -1.66. The van der Waals surface area contributed by atoms with E-state index in [0.29, 0.717) is 16.8 Å². The van der Waals surface area contributed by atoms with Gasteiger partial charge in [0.25, 0.3) is 11.8 Å². The highest BCUT2D eigenvalue weighted by Crippen LogP contribution is 2.23. The van der Waals surface area contributed by atoms with Crippen molar-refractivity contribution in [2.24, 2.45) is 0 Å². The summed E-state index contributed by atoms with van der Waals surface area (Å²) in [6, 6.07) is 7.01. The number of rotatable bonds is 3. The summed E-state index contributed by atoms with van der Waals surface area (Å²) in [5, 5.41) is 7.18. The largest absolute Gasteiger partial charge is 0.355 e. The molecule has 2 rings (SSSR count). The van der Waals surface area contributed by atoms with Gasteiger partial charge in [-0.05, 0) is 46.6 Å². The molecule has 1 aromatic carbocycles. The predicted octanol–water partition coefficient (Wildman–Crippen LogP) is 3.43. The van der Waals surface area contributed by atoms with Crippen molar-refractivity contribution in [2.45, 2.75) is 6.92 Å². The molecule has 1 aromatic heterocycles. The van der Waals surface area contributed by atoms with Crippen LogP contribution in [-0.2, 0) is 0 Å². The molecule has 0 aliphatic rings. The van der Waals surface area contributed by atoms with Crippen molar-refractivity contribution in [1.29, 1.82) is 0 Å². The molecule has 0 unspecified atom stereocenters. The molecule has 0 spiro atoms. The molecule has 0 fully saturated rings. The molecule has 2 N–H and O–H groups in total. The number of hydrogen-bond acceptors (Lipinski definition) is 3. The van der Waals surface area contributed by atoms with E-state index in [0.717, 1.165) is 9.35 Å². The maximum absolute atomic E-state index is 12.1. The Bertz CT molecular complexity index is 667. The van der Waals surface area contributed by atoms with E-state index >= 15 is 0 Å². The number of halogens is 1. The third-order valence-electron chi connectivity index (χ3n) is 2.88. The van der Waals surface area contributed by atoms with Gasteiger partial charge >= 0.3 is 0 Å². The van der Waals surface area contributed by atoms with Crippen molar-refractivity contribution < 1.29 is 9.59 Å². The molecule has 4 nitrogen and oxygen atoms in total. The van der Waals surface area contributed by atoms with Crippen LogP contribution >= 0.6 is 27.3 Å². The fourth-order valence-electron chi connectivity index (χ4n) is 1.78. The fourth-order valence-corrected chi connectivity index (χ4v) is 2.91. The summed E-state index contributed by atoms with van der Waals surface area (Å²) in [4.78, 5) is 23.8. The first kappa shape index (κ1) is 14.7. The number of carbonyl (C=O) groups excluding carboxylic acids is 2. The number of amides is 2. The molecule has 1 heterocycles. The molecule has 0 saturated carbocycles. The van der Waals surface area contributed by atoms with Gasteiger partial charge in [-0.3, -0.25) is 9.59 Å². The predicted molar refractivity (Wildman–Crippen MR) is 84.5 cm³/mol. The maximum Gasteiger partial charge on any atom is 0.256 e. The zero-order valence-corrected chi connectivity index (χ0v) is 13.4. The Morgan fingerprint density at radius 1 is 1.25 bits per heavy atom. The van der Waals surface area contributed by atoms with E-state index in [1.165, 1.54) is 11.3 Å². The lowest BCUT2D eigenvalue weighted by molar-refractivity contribution is 0.0960. The van der Waals surface area contributed by atoms with Crippen LogP contribution in [0, 0.1) is 6.92 Å². The molecular weight excluding hydrogens is 340 g/mol. The number of anilines is 1. The summed E-state index contributed by atoms with van der Waals surface area (Å²) in [5.41, 5.74) is 2.52. The van der Waals surface area contributed by atoms with E-state index in [9.17, 15) is 9.59 Å². The van der Waals surface area contributed by atoms with Crippen molar-refractivity contribution in [3.63, 3.8) is 0 Å². The number of thiophene rings is 1. The van der Waals surface area contributed by atoms with Crippen molar-refractivity contribution in [3.05, 3.63) is 50.1 Å². The first-order valence-corrected chi connectivity index (χ1v) is 7.57. The van der Waals surface area contributed by atoms with Gasteiger partial charge in [0.1, 0.15) is 0 Å². The second-order valence-corrected chi connectivity index (χ2v) is 6.44. The van der Waals surface area contributed by atoms with E-state index in [4.69, 9.17) is 0 Å². The normalized spacial score (nSPS) is 10.2. The quantitative estimate of drug-likeness (QED) is 0.888. The minimum absolute atomic E-state index is 0.170. The van der Waals surface area contributed by atoms with Gasteiger partial charge in [-0.2, -0.15) is 0 Å². The molecule has 0 aliphatic heterocycles. The summed E-state index contributed by atoms with van der Waals surface area (Å²) in [7, 11) is 1.58. The average Bonchev–Trinajstić information content (AvgIpc) is 2.87. The fraction of sp³-hybridized carbons (Fsp3) is 0.143. The van der Waals surface area contributed by atoms with Gasteiger partial charge in [-0.25, -0.2) is 0 Å². The Kier molecular flexibility index (Phi) is 4.57. The Morgan fingerprint density at radius 2 is 2.00 bits per heavy atom. The third kappa shape index (κ3) is 3.08. The maximum atomic E-state index is 12.1. The van der Waals surface area contributed by atoms with Crippen LogP contribution < -0.4 is 10.6 Å². The summed E-state index contributed by atoms with van der Waals surface area (Å²) in [6.45, 7) is 1.81. The van der Waals surface area contributed by atoms with Crippen molar-refractivity contribution in [1.82, 2.24) is 5.32 Å². The van der Waals surface area contributed by atoms with Gasteiger partial charge in [0.05, 0.1) is 9.35 Å². The molecule has 20 heavy (non-hydrogen) atoms. The SMILES string of the molecule is CNC(=O)c1cccc(NC(=O)c2csc(Br)c2)c1C. The molecule has 0 radical (unpaired) electrons. The first-order chi connectivity index (χ1) is 9.52. The molecule has 0 bridgehead atoms. The third-order valence-corrected chi connectivity index (χ3v) is 4.39. The van der Waals surface area contributed by atoms with Crippen LogP contribution in [0.15, 0.2) is 33.4 Å². The highest BCUT2D eigenvalue weighted by molar-refractivity contribution is 9.11. The van der Waals surface area contributed by atoms with Gasteiger partial charge in [-0.15, -0.1) is 11.3 Å². The highest BCUT2D eigenvalue weighted by atomic mass is 79.9. The minimum Gasteiger partial charge on any atom is -0.355 e. The van der Waals surface area contributed by atoms with Crippen LogP contribution in [-0.4, -0.2) is 18.9 Å². The number of carbonyl (C=O) groups is 2. The highest BCUT2D eigenvalue weighted by Gasteiger charge is 2.13. The van der Waals surface area contributed by atoms with Gasteiger partial charge in [0.2, 0.25) is 0 Å². The van der Waals surface area contributed by atoms with Crippen LogP contribution in [0.1, 0.15) is 26.3 Å². The van der Waals surface area contributed by atoms with Crippen molar-refractivity contribution in [2.75, 3.05) is 12.4 Å². The summed E-state index contributed by atoms with van der Waals surface area (Å²) < 4.78 is 0.901. The number of benzene rings is 1. The van der Waals surface area contributed by atoms with Crippen molar-refractivity contribution >= 4 is 44.8 Å². The summed E-state index contributed by atoms with van der Waals surface area (Å²) in [5.74, 6) is -0.360. The van der Waals surface area contributed by atoms with Gasteiger partial charge < -0.3 is 10.6 Å². The van der Waals surface area contributed by atoms with Crippen molar-refractivity contribution in [3.8, 4) is 0 Å². The molecule has 2 amide bonds. The molecular formula is C14H13BrN2O2S. The summed E-state index contributed by atoms with van der Waals surface area (Å²) in [6.07, 6.45) is 0. The van der Waals surface area contributed by atoms with E-state index in [-0.39, 0.29) is 11.8 Å². The second-order valence-electron chi connectivity index (χ2n) is 4.15. The Balaban J connectivity index is 2.26. The monoisotopic (exact) mass is 352 g/mol. The molecule has 0 saturated heterocycles. The second kappa shape index (κ2) is 6.19. The molecule has 0 aliphatic carbocycles. The lowest BCUT2D eigenvalue weighted by Gasteiger charge is -2.11. The van der Waals surface area contributed by atoms with Gasteiger partial charge in [0, 0.05) is 23.7 Å². The molecule has 2 aromatic rings.